The Balaban J connectivity index is 2.49. The van der Waals surface area contributed by atoms with E-state index in [0.29, 0.717) is 5.69 Å². The average Bonchev–Trinajstić information content (AvgIpc) is 2.66. The van der Waals surface area contributed by atoms with Gasteiger partial charge in [-0.15, -0.1) is 0 Å². The fourth-order valence-corrected chi connectivity index (χ4v) is 0.774. The zero-order valence-corrected chi connectivity index (χ0v) is 7.31. The maximum absolute atomic E-state index is 12.4. The van der Waals surface area contributed by atoms with Crippen LogP contribution in [0.2, 0.25) is 0 Å². The second kappa shape index (κ2) is 4.28. The van der Waals surface area contributed by atoms with Crippen LogP contribution >= 0.6 is 0 Å². The molecule has 0 spiro atoms. The standard InChI is InChI=1S/C7H7F4N3O/c8-5(9)7(10,11)6(15)13-2-4-1-12-3-14-4/h1,3,5H,2H2,(H,12,14)(H,13,15). The summed E-state index contributed by atoms with van der Waals surface area (Å²) in [6.07, 6.45) is -1.47. The van der Waals surface area contributed by atoms with Gasteiger partial charge < -0.3 is 10.3 Å². The molecule has 4 nitrogen and oxygen atoms in total. The lowest BCUT2D eigenvalue weighted by molar-refractivity contribution is -0.169. The van der Waals surface area contributed by atoms with Gasteiger partial charge in [-0.05, 0) is 0 Å². The van der Waals surface area contributed by atoms with Crippen molar-refractivity contribution >= 4 is 5.91 Å². The zero-order chi connectivity index (χ0) is 11.5. The van der Waals surface area contributed by atoms with Crippen LogP contribution in [0.5, 0.6) is 0 Å². The molecule has 2 N–H and O–H groups in total. The molecule has 0 aliphatic rings. The number of imidazole rings is 1. The molecular weight excluding hydrogens is 218 g/mol. The third kappa shape index (κ3) is 2.67. The number of nitrogens with one attached hydrogen (secondary N) is 2. The molecule has 0 atom stereocenters. The number of halogens is 4. The van der Waals surface area contributed by atoms with Gasteiger partial charge in [0.15, 0.2) is 0 Å². The summed E-state index contributed by atoms with van der Waals surface area (Å²) in [7, 11) is 0. The van der Waals surface area contributed by atoms with Gasteiger partial charge in [-0.1, -0.05) is 0 Å². The minimum Gasteiger partial charge on any atom is -0.347 e. The minimum atomic E-state index is -4.67. The van der Waals surface area contributed by atoms with Crippen molar-refractivity contribution in [1.82, 2.24) is 15.3 Å². The lowest BCUT2D eigenvalue weighted by Gasteiger charge is -2.14. The van der Waals surface area contributed by atoms with Crippen LogP contribution in [0.1, 0.15) is 5.69 Å². The number of amides is 1. The van der Waals surface area contributed by atoms with Crippen molar-refractivity contribution in [3.8, 4) is 0 Å². The van der Waals surface area contributed by atoms with Crippen molar-refractivity contribution in [2.75, 3.05) is 0 Å². The number of aromatic nitrogens is 2. The number of hydrogen-bond acceptors (Lipinski definition) is 2. The van der Waals surface area contributed by atoms with E-state index in [4.69, 9.17) is 0 Å². The van der Waals surface area contributed by atoms with Crippen molar-refractivity contribution in [2.45, 2.75) is 18.9 Å². The van der Waals surface area contributed by atoms with Crippen molar-refractivity contribution in [2.24, 2.45) is 0 Å². The number of aromatic amines is 1. The van der Waals surface area contributed by atoms with Gasteiger partial charge in [-0.2, -0.15) is 8.78 Å². The summed E-state index contributed by atoms with van der Waals surface area (Å²) in [4.78, 5) is 16.7. The van der Waals surface area contributed by atoms with E-state index >= 15 is 0 Å². The first kappa shape index (κ1) is 11.5. The van der Waals surface area contributed by atoms with Crippen molar-refractivity contribution in [3.05, 3.63) is 18.2 Å². The molecule has 8 heteroatoms. The quantitative estimate of drug-likeness (QED) is 0.749. The van der Waals surface area contributed by atoms with Crippen LogP contribution in [-0.2, 0) is 11.3 Å². The van der Waals surface area contributed by atoms with Crippen molar-refractivity contribution in [3.63, 3.8) is 0 Å². The van der Waals surface area contributed by atoms with Gasteiger partial charge in [0, 0.05) is 6.20 Å². The highest BCUT2D eigenvalue weighted by Gasteiger charge is 2.48. The molecular formula is C7H7F4N3O. The van der Waals surface area contributed by atoms with E-state index < -0.39 is 18.3 Å². The molecule has 0 radical (unpaired) electrons. The van der Waals surface area contributed by atoms with Gasteiger partial charge >= 0.3 is 12.3 Å². The van der Waals surface area contributed by atoms with Gasteiger partial charge in [-0.3, -0.25) is 4.79 Å². The Bertz CT molecular complexity index is 325. The van der Waals surface area contributed by atoms with Gasteiger partial charge in [-0.25, -0.2) is 13.8 Å². The van der Waals surface area contributed by atoms with Gasteiger partial charge in [0.1, 0.15) is 0 Å². The number of rotatable bonds is 4. The Labute approximate surface area is 81.7 Å². The van der Waals surface area contributed by atoms with Gasteiger partial charge in [0.05, 0.1) is 18.6 Å². The number of hydrogen-bond donors (Lipinski definition) is 2. The molecule has 1 amide bonds. The summed E-state index contributed by atoms with van der Waals surface area (Å²) in [6, 6.07) is 0. The van der Waals surface area contributed by atoms with Crippen LogP contribution in [0.25, 0.3) is 0 Å². The van der Waals surface area contributed by atoms with E-state index in [-0.39, 0.29) is 6.54 Å². The Hall–Kier alpha value is -1.60. The van der Waals surface area contributed by atoms with Crippen molar-refractivity contribution < 1.29 is 22.4 Å². The largest absolute Gasteiger partial charge is 0.383 e. The van der Waals surface area contributed by atoms with E-state index in [1.807, 2.05) is 0 Å². The molecule has 0 saturated carbocycles. The highest BCUT2D eigenvalue weighted by molar-refractivity contribution is 5.83. The molecule has 0 bridgehead atoms. The molecule has 0 aromatic carbocycles. The summed E-state index contributed by atoms with van der Waals surface area (Å²) in [6.45, 7) is -0.304. The molecule has 1 heterocycles. The Morgan fingerprint density at radius 3 is 2.73 bits per heavy atom. The smallest absolute Gasteiger partial charge is 0.347 e. The molecule has 0 aliphatic heterocycles. The molecule has 84 valence electrons. The van der Waals surface area contributed by atoms with Gasteiger partial charge in [0.25, 0.3) is 5.91 Å². The van der Waals surface area contributed by atoms with Gasteiger partial charge in [0.2, 0.25) is 0 Å². The van der Waals surface area contributed by atoms with Crippen LogP contribution in [0, 0.1) is 0 Å². The van der Waals surface area contributed by atoms with Crippen LogP contribution < -0.4 is 5.32 Å². The normalized spacial score (nSPS) is 11.8. The summed E-state index contributed by atoms with van der Waals surface area (Å²) in [5.74, 6) is -6.67. The predicted molar refractivity (Wildman–Crippen MR) is 41.4 cm³/mol. The summed E-state index contributed by atoms with van der Waals surface area (Å²) in [5, 5.41) is 1.67. The second-order valence-electron chi connectivity index (χ2n) is 2.68. The first-order valence-corrected chi connectivity index (χ1v) is 3.86. The third-order valence-corrected chi connectivity index (χ3v) is 1.57. The zero-order valence-electron chi connectivity index (χ0n) is 7.31. The Morgan fingerprint density at radius 1 is 1.60 bits per heavy atom. The highest BCUT2D eigenvalue weighted by atomic mass is 19.3. The first-order chi connectivity index (χ1) is 6.94. The number of carbonyl (C=O) groups excluding carboxylic acids is 1. The SMILES string of the molecule is O=C(NCc1cnc[nH]1)C(F)(F)C(F)F. The van der Waals surface area contributed by atoms with E-state index in [9.17, 15) is 22.4 Å². The molecule has 0 fully saturated rings. The predicted octanol–water partition coefficient (Wildman–Crippen LogP) is 0.926. The monoisotopic (exact) mass is 225 g/mol. The van der Waals surface area contributed by atoms with Crippen LogP contribution in [0.4, 0.5) is 17.6 Å². The molecule has 1 aromatic heterocycles. The topological polar surface area (TPSA) is 57.8 Å². The van der Waals surface area contributed by atoms with Crippen molar-refractivity contribution in [1.29, 1.82) is 0 Å². The van der Waals surface area contributed by atoms with Crippen LogP contribution in [-0.4, -0.2) is 28.2 Å². The van der Waals surface area contributed by atoms with E-state index in [0.717, 1.165) is 0 Å². The van der Waals surface area contributed by atoms with Crippen LogP contribution in [0.15, 0.2) is 12.5 Å². The molecule has 1 rings (SSSR count). The summed E-state index contributed by atoms with van der Waals surface area (Å²) < 4.78 is 48.2. The fraction of sp³-hybridized carbons (Fsp3) is 0.429. The molecule has 0 aliphatic carbocycles. The molecule has 0 unspecified atom stereocenters. The van der Waals surface area contributed by atoms with E-state index in [1.165, 1.54) is 12.5 Å². The Morgan fingerprint density at radius 2 is 2.27 bits per heavy atom. The number of nitrogens with zero attached hydrogens (tertiary/aromatic N) is 1. The van der Waals surface area contributed by atoms with E-state index in [1.54, 1.807) is 5.32 Å². The lowest BCUT2D eigenvalue weighted by Crippen LogP contribution is -2.44. The molecule has 1 aromatic rings. The molecule has 0 saturated heterocycles. The maximum atomic E-state index is 12.4. The fourth-order valence-electron chi connectivity index (χ4n) is 0.774. The Kier molecular flexibility index (Phi) is 3.28. The first-order valence-electron chi connectivity index (χ1n) is 3.86. The lowest BCUT2D eigenvalue weighted by atomic mass is 10.3. The van der Waals surface area contributed by atoms with Crippen LogP contribution in [0.3, 0.4) is 0 Å². The third-order valence-electron chi connectivity index (χ3n) is 1.57. The summed E-state index contributed by atoms with van der Waals surface area (Å²) in [5.41, 5.74) is 0.341. The highest BCUT2D eigenvalue weighted by Crippen LogP contribution is 2.22. The van der Waals surface area contributed by atoms with E-state index in [2.05, 4.69) is 9.97 Å². The second-order valence-corrected chi connectivity index (χ2v) is 2.68. The number of carbonyl (C=O) groups is 1. The average molecular weight is 225 g/mol. The molecule has 15 heavy (non-hydrogen) atoms. The number of H-pyrrole nitrogens is 1. The summed E-state index contributed by atoms with van der Waals surface area (Å²) >= 11 is 0. The minimum absolute atomic E-state index is 0.304. The maximum Gasteiger partial charge on any atom is 0.383 e. The number of alkyl halides is 4.